The monoisotopic (exact) mass is 264 g/mol. The van der Waals surface area contributed by atoms with Gasteiger partial charge in [-0.25, -0.2) is 0 Å². The summed E-state index contributed by atoms with van der Waals surface area (Å²) in [5, 5.41) is 3.31. The molecule has 2 atom stereocenters. The van der Waals surface area contributed by atoms with Crippen LogP contribution < -0.4 is 10.1 Å². The average molecular weight is 264 g/mol. The summed E-state index contributed by atoms with van der Waals surface area (Å²) < 4.78 is 5.35. The molecule has 0 saturated heterocycles. The number of ether oxygens (including phenoxy) is 1. The van der Waals surface area contributed by atoms with Gasteiger partial charge in [0.2, 0.25) is 0 Å². The van der Waals surface area contributed by atoms with Gasteiger partial charge in [0.25, 0.3) is 0 Å². The average Bonchev–Trinajstić information content (AvgIpc) is 2.38. The lowest BCUT2D eigenvalue weighted by atomic mass is 9.89. The van der Waals surface area contributed by atoms with Crippen molar-refractivity contribution in [2.45, 2.75) is 26.3 Å². The van der Waals surface area contributed by atoms with Crippen LogP contribution in [0.2, 0.25) is 0 Å². The van der Waals surface area contributed by atoms with Crippen LogP contribution >= 0.6 is 0 Å². The number of hydrogen-bond donors (Lipinski definition) is 1. The Morgan fingerprint density at radius 2 is 2.00 bits per heavy atom. The Bertz CT molecular complexity index is 390. The molecule has 3 heteroatoms. The number of nitrogens with zero attached hydrogens (tertiary/aromatic N) is 1. The van der Waals surface area contributed by atoms with Crippen LogP contribution in [0.5, 0.6) is 5.75 Å². The minimum Gasteiger partial charge on any atom is -0.496 e. The van der Waals surface area contributed by atoms with Gasteiger partial charge >= 0.3 is 0 Å². The van der Waals surface area contributed by atoms with Gasteiger partial charge in [0.1, 0.15) is 5.75 Å². The summed E-state index contributed by atoms with van der Waals surface area (Å²) in [6.45, 7) is 5.40. The number of aryl methyl sites for hydroxylation is 1. The van der Waals surface area contributed by atoms with Crippen LogP contribution in [0, 0.1) is 12.8 Å². The predicted molar refractivity (Wildman–Crippen MR) is 81.9 cm³/mol. The summed E-state index contributed by atoms with van der Waals surface area (Å²) >= 11 is 0. The summed E-state index contributed by atoms with van der Waals surface area (Å²) in [4.78, 5) is 2.31. The summed E-state index contributed by atoms with van der Waals surface area (Å²) in [5.74, 6) is 1.57. The minimum absolute atomic E-state index is 0.432. The van der Waals surface area contributed by atoms with Gasteiger partial charge in [0.15, 0.2) is 0 Å². The number of hydrogen-bond acceptors (Lipinski definition) is 3. The largest absolute Gasteiger partial charge is 0.496 e. The zero-order chi connectivity index (χ0) is 14.4. The molecule has 0 aliphatic heterocycles. The first-order valence-corrected chi connectivity index (χ1v) is 7.00. The fourth-order valence-electron chi connectivity index (χ4n) is 2.82. The molecule has 0 fully saturated rings. The maximum atomic E-state index is 5.35. The van der Waals surface area contributed by atoms with Crippen molar-refractivity contribution in [3.05, 3.63) is 29.3 Å². The van der Waals surface area contributed by atoms with E-state index in [2.05, 4.69) is 56.4 Å². The van der Waals surface area contributed by atoms with Crippen molar-refractivity contribution in [1.29, 1.82) is 0 Å². The van der Waals surface area contributed by atoms with Crippen LogP contribution in [0.1, 0.15) is 30.5 Å². The van der Waals surface area contributed by atoms with Crippen molar-refractivity contribution >= 4 is 0 Å². The normalized spacial score (nSPS) is 14.5. The lowest BCUT2D eigenvalue weighted by Gasteiger charge is -2.32. The molecule has 2 unspecified atom stereocenters. The Kier molecular flexibility index (Phi) is 6.32. The van der Waals surface area contributed by atoms with Crippen LogP contribution in [0.15, 0.2) is 18.2 Å². The molecule has 0 heterocycles. The van der Waals surface area contributed by atoms with E-state index in [9.17, 15) is 0 Å². The summed E-state index contributed by atoms with van der Waals surface area (Å²) in [6, 6.07) is 6.95. The first kappa shape index (κ1) is 16.0. The van der Waals surface area contributed by atoms with Crippen molar-refractivity contribution in [2.75, 3.05) is 34.8 Å². The van der Waals surface area contributed by atoms with Crippen molar-refractivity contribution < 1.29 is 4.74 Å². The molecule has 1 N–H and O–H groups in total. The van der Waals surface area contributed by atoms with Crippen LogP contribution in [-0.2, 0) is 0 Å². The molecule has 0 bridgehead atoms. The molecular weight excluding hydrogens is 236 g/mol. The number of nitrogens with one attached hydrogen (secondary N) is 1. The predicted octanol–water partition coefficient (Wildman–Crippen LogP) is 2.85. The van der Waals surface area contributed by atoms with Crippen LogP contribution in [0.3, 0.4) is 0 Å². The van der Waals surface area contributed by atoms with E-state index in [1.54, 1.807) is 7.11 Å². The molecule has 1 aromatic rings. The van der Waals surface area contributed by atoms with Crippen molar-refractivity contribution in [1.82, 2.24) is 10.2 Å². The van der Waals surface area contributed by atoms with Crippen molar-refractivity contribution in [2.24, 2.45) is 5.92 Å². The van der Waals surface area contributed by atoms with Crippen LogP contribution in [0.25, 0.3) is 0 Å². The van der Waals surface area contributed by atoms with Gasteiger partial charge in [0, 0.05) is 6.04 Å². The second-order valence-electron chi connectivity index (χ2n) is 5.36. The molecule has 0 amide bonds. The Morgan fingerprint density at radius 1 is 1.32 bits per heavy atom. The van der Waals surface area contributed by atoms with Crippen LogP contribution in [0.4, 0.5) is 0 Å². The van der Waals surface area contributed by atoms with Crippen molar-refractivity contribution in [3.8, 4) is 5.75 Å². The molecule has 0 spiro atoms. The topological polar surface area (TPSA) is 24.5 Å². The standard InChI is InChI=1S/C16H28N2O/c1-7-13(11-17-3)16(18(4)5)14-8-9-15(19-6)12(2)10-14/h8-10,13,16-17H,7,11H2,1-6H3. The lowest BCUT2D eigenvalue weighted by molar-refractivity contribution is 0.204. The molecule has 1 aromatic carbocycles. The third-order valence-electron chi connectivity index (χ3n) is 3.75. The fourth-order valence-corrected chi connectivity index (χ4v) is 2.82. The second-order valence-corrected chi connectivity index (χ2v) is 5.36. The van der Waals surface area contributed by atoms with E-state index in [1.165, 1.54) is 11.1 Å². The molecule has 0 aliphatic carbocycles. The van der Waals surface area contributed by atoms with Gasteiger partial charge in [-0.15, -0.1) is 0 Å². The van der Waals surface area contributed by atoms with E-state index < -0.39 is 0 Å². The van der Waals surface area contributed by atoms with Gasteiger partial charge < -0.3 is 15.0 Å². The third-order valence-corrected chi connectivity index (χ3v) is 3.75. The van der Waals surface area contributed by atoms with E-state index in [1.807, 2.05) is 7.05 Å². The molecule has 0 aliphatic rings. The molecular formula is C16H28N2O. The molecule has 0 saturated carbocycles. The first-order chi connectivity index (χ1) is 9.04. The fraction of sp³-hybridized carbons (Fsp3) is 0.625. The highest BCUT2D eigenvalue weighted by Gasteiger charge is 2.23. The summed E-state index contributed by atoms with van der Waals surface area (Å²) in [7, 11) is 8.06. The quantitative estimate of drug-likeness (QED) is 0.819. The van der Waals surface area contributed by atoms with Gasteiger partial charge in [-0.1, -0.05) is 25.5 Å². The van der Waals surface area contributed by atoms with Gasteiger partial charge in [-0.05, 0) is 57.7 Å². The molecule has 3 nitrogen and oxygen atoms in total. The van der Waals surface area contributed by atoms with Gasteiger partial charge in [-0.2, -0.15) is 0 Å². The molecule has 1 rings (SSSR count). The smallest absolute Gasteiger partial charge is 0.121 e. The molecule has 19 heavy (non-hydrogen) atoms. The first-order valence-electron chi connectivity index (χ1n) is 7.00. The molecule has 0 radical (unpaired) electrons. The Hall–Kier alpha value is -1.06. The third kappa shape index (κ3) is 3.95. The van der Waals surface area contributed by atoms with Gasteiger partial charge in [-0.3, -0.25) is 0 Å². The summed E-state index contributed by atoms with van der Waals surface area (Å²) in [6.07, 6.45) is 1.16. The highest BCUT2D eigenvalue weighted by Crippen LogP contribution is 2.31. The molecule has 0 aromatic heterocycles. The SMILES string of the molecule is CCC(CNC)C(c1ccc(OC)c(C)c1)N(C)C. The zero-order valence-corrected chi connectivity index (χ0v) is 13.2. The second kappa shape index (κ2) is 7.51. The number of rotatable bonds is 7. The number of methoxy groups -OCH3 is 1. The summed E-state index contributed by atoms with van der Waals surface area (Å²) in [5.41, 5.74) is 2.57. The van der Waals surface area contributed by atoms with Gasteiger partial charge in [0.05, 0.1) is 7.11 Å². The Balaban J connectivity index is 3.08. The van der Waals surface area contributed by atoms with Crippen LogP contribution in [-0.4, -0.2) is 39.7 Å². The zero-order valence-electron chi connectivity index (χ0n) is 13.2. The Labute approximate surface area is 118 Å². The van der Waals surface area contributed by atoms with E-state index in [-0.39, 0.29) is 0 Å². The number of benzene rings is 1. The Morgan fingerprint density at radius 3 is 2.42 bits per heavy atom. The molecule has 108 valence electrons. The van der Waals surface area contributed by atoms with E-state index in [0.29, 0.717) is 12.0 Å². The minimum atomic E-state index is 0.432. The van der Waals surface area contributed by atoms with Crippen molar-refractivity contribution in [3.63, 3.8) is 0 Å². The van der Waals surface area contributed by atoms with E-state index >= 15 is 0 Å². The maximum absolute atomic E-state index is 5.35. The van der Waals surface area contributed by atoms with E-state index in [4.69, 9.17) is 4.74 Å². The highest BCUT2D eigenvalue weighted by atomic mass is 16.5. The maximum Gasteiger partial charge on any atom is 0.121 e. The van der Waals surface area contributed by atoms with E-state index in [0.717, 1.165) is 18.7 Å². The lowest BCUT2D eigenvalue weighted by Crippen LogP contribution is -2.33. The highest BCUT2D eigenvalue weighted by molar-refractivity contribution is 5.37.